The molecule has 3 atom stereocenters. The summed E-state index contributed by atoms with van der Waals surface area (Å²) in [6, 6.07) is -0.574. The number of aliphatic carboxylic acids is 1. The minimum atomic E-state index is -0.926. The van der Waals surface area contributed by atoms with E-state index >= 15 is 0 Å². The number of rotatable bonds is 7. The number of nitrogens with one attached hydrogen (secondary N) is 1. The summed E-state index contributed by atoms with van der Waals surface area (Å²) in [4.78, 5) is 22.7. The molecule has 0 aliphatic rings. The SMILES string of the molecule is CCC(C)C(N)C(=O)NCC(C)(CC)C(=O)O. The lowest BCUT2D eigenvalue weighted by Gasteiger charge is -2.25. The second kappa shape index (κ2) is 6.59. The van der Waals surface area contributed by atoms with Crippen LogP contribution < -0.4 is 11.1 Å². The highest BCUT2D eigenvalue weighted by atomic mass is 16.4. The molecule has 0 rings (SSSR count). The topological polar surface area (TPSA) is 92.4 Å². The van der Waals surface area contributed by atoms with Crippen LogP contribution in [0.3, 0.4) is 0 Å². The van der Waals surface area contributed by atoms with Crippen molar-refractivity contribution in [2.75, 3.05) is 6.54 Å². The number of carboxylic acids is 1. The highest BCUT2D eigenvalue weighted by molar-refractivity contribution is 5.83. The molecule has 0 aromatic rings. The lowest BCUT2D eigenvalue weighted by Crippen LogP contribution is -2.49. The van der Waals surface area contributed by atoms with Gasteiger partial charge in [0.25, 0.3) is 0 Å². The fourth-order valence-electron chi connectivity index (χ4n) is 1.26. The predicted molar refractivity (Wildman–Crippen MR) is 66.5 cm³/mol. The summed E-state index contributed by atoms with van der Waals surface area (Å²) in [5.41, 5.74) is 4.83. The van der Waals surface area contributed by atoms with Crippen LogP contribution in [0.25, 0.3) is 0 Å². The van der Waals surface area contributed by atoms with Crippen molar-refractivity contribution in [3.8, 4) is 0 Å². The number of carbonyl (C=O) groups is 2. The highest BCUT2D eigenvalue weighted by Gasteiger charge is 2.32. The Bertz CT molecular complexity index is 281. The molecule has 1 amide bonds. The zero-order valence-electron chi connectivity index (χ0n) is 11.1. The Morgan fingerprint density at radius 1 is 1.41 bits per heavy atom. The van der Waals surface area contributed by atoms with E-state index in [0.717, 1.165) is 6.42 Å². The first-order chi connectivity index (χ1) is 7.78. The molecular formula is C12H24N2O3. The van der Waals surface area contributed by atoms with Crippen LogP contribution in [0.2, 0.25) is 0 Å². The molecule has 0 aliphatic heterocycles. The number of hydrogen-bond donors (Lipinski definition) is 3. The van der Waals surface area contributed by atoms with Gasteiger partial charge in [0.05, 0.1) is 11.5 Å². The van der Waals surface area contributed by atoms with Gasteiger partial charge in [-0.1, -0.05) is 27.2 Å². The second-order valence-corrected chi connectivity index (χ2v) is 4.85. The molecule has 0 spiro atoms. The largest absolute Gasteiger partial charge is 0.481 e. The lowest BCUT2D eigenvalue weighted by molar-refractivity contribution is -0.148. The van der Waals surface area contributed by atoms with E-state index in [2.05, 4.69) is 5.32 Å². The summed E-state index contributed by atoms with van der Waals surface area (Å²) < 4.78 is 0. The molecule has 17 heavy (non-hydrogen) atoms. The van der Waals surface area contributed by atoms with Crippen molar-refractivity contribution < 1.29 is 14.7 Å². The van der Waals surface area contributed by atoms with Gasteiger partial charge >= 0.3 is 5.97 Å². The van der Waals surface area contributed by atoms with Crippen molar-refractivity contribution in [1.29, 1.82) is 0 Å². The van der Waals surface area contributed by atoms with Gasteiger partial charge in [0, 0.05) is 6.54 Å². The molecule has 0 aromatic heterocycles. The first kappa shape index (κ1) is 15.9. The first-order valence-corrected chi connectivity index (χ1v) is 6.05. The van der Waals surface area contributed by atoms with Gasteiger partial charge in [-0.3, -0.25) is 9.59 Å². The van der Waals surface area contributed by atoms with Crippen LogP contribution in [0, 0.1) is 11.3 Å². The van der Waals surface area contributed by atoms with Gasteiger partial charge in [0.1, 0.15) is 0 Å². The van der Waals surface area contributed by atoms with Gasteiger partial charge in [0.15, 0.2) is 0 Å². The Balaban J connectivity index is 4.37. The molecule has 0 fully saturated rings. The summed E-state index contributed by atoms with van der Waals surface area (Å²) in [7, 11) is 0. The standard InChI is InChI=1S/C12H24N2O3/c1-5-8(3)9(13)10(15)14-7-12(4,6-2)11(16)17/h8-9H,5-7,13H2,1-4H3,(H,14,15)(H,16,17). The summed E-state index contributed by atoms with van der Waals surface area (Å²) in [5.74, 6) is -1.09. The normalized spacial score (nSPS) is 17.9. The van der Waals surface area contributed by atoms with E-state index in [4.69, 9.17) is 10.8 Å². The molecule has 0 aliphatic carbocycles. The van der Waals surface area contributed by atoms with Crippen LogP contribution >= 0.6 is 0 Å². The minimum Gasteiger partial charge on any atom is -0.481 e. The molecule has 3 unspecified atom stereocenters. The highest BCUT2D eigenvalue weighted by Crippen LogP contribution is 2.20. The summed E-state index contributed by atoms with van der Waals surface area (Å²) >= 11 is 0. The molecule has 0 saturated carbocycles. The van der Waals surface area contributed by atoms with Gasteiger partial charge in [-0.2, -0.15) is 0 Å². The summed E-state index contributed by atoms with van der Waals surface area (Å²) in [5, 5.41) is 11.7. The third-order valence-corrected chi connectivity index (χ3v) is 3.51. The van der Waals surface area contributed by atoms with Crippen LogP contribution in [0.4, 0.5) is 0 Å². The third kappa shape index (κ3) is 4.34. The third-order valence-electron chi connectivity index (χ3n) is 3.51. The van der Waals surface area contributed by atoms with Crippen molar-refractivity contribution in [2.24, 2.45) is 17.1 Å². The molecule has 4 N–H and O–H groups in total. The Morgan fingerprint density at radius 2 is 1.94 bits per heavy atom. The molecule has 0 saturated heterocycles. The average molecular weight is 244 g/mol. The van der Waals surface area contributed by atoms with E-state index in [1.165, 1.54) is 0 Å². The van der Waals surface area contributed by atoms with Gasteiger partial charge in [0.2, 0.25) is 5.91 Å². The van der Waals surface area contributed by atoms with Crippen LogP contribution in [0.15, 0.2) is 0 Å². The molecule has 0 radical (unpaired) electrons. The molecule has 100 valence electrons. The first-order valence-electron chi connectivity index (χ1n) is 6.05. The Kier molecular flexibility index (Phi) is 6.16. The van der Waals surface area contributed by atoms with Crippen molar-refractivity contribution in [3.05, 3.63) is 0 Å². The number of hydrogen-bond acceptors (Lipinski definition) is 3. The van der Waals surface area contributed by atoms with E-state index in [-0.39, 0.29) is 18.4 Å². The van der Waals surface area contributed by atoms with Crippen molar-refractivity contribution >= 4 is 11.9 Å². The molecule has 0 heterocycles. The maximum atomic E-state index is 11.7. The van der Waals surface area contributed by atoms with E-state index in [1.54, 1.807) is 13.8 Å². The van der Waals surface area contributed by atoms with Gasteiger partial charge in [-0.25, -0.2) is 0 Å². The predicted octanol–water partition coefficient (Wildman–Crippen LogP) is 0.977. The quantitative estimate of drug-likeness (QED) is 0.622. The molecular weight excluding hydrogens is 220 g/mol. The Morgan fingerprint density at radius 3 is 2.29 bits per heavy atom. The Labute approximate surface area is 103 Å². The zero-order chi connectivity index (χ0) is 13.6. The second-order valence-electron chi connectivity index (χ2n) is 4.85. The van der Waals surface area contributed by atoms with Crippen LogP contribution in [-0.2, 0) is 9.59 Å². The van der Waals surface area contributed by atoms with Crippen LogP contribution in [-0.4, -0.2) is 29.6 Å². The van der Waals surface area contributed by atoms with Gasteiger partial charge in [-0.05, 0) is 19.3 Å². The molecule has 0 bridgehead atoms. The maximum absolute atomic E-state index is 11.7. The monoisotopic (exact) mass is 244 g/mol. The van der Waals surface area contributed by atoms with Crippen molar-refractivity contribution in [2.45, 2.75) is 46.6 Å². The molecule has 5 nitrogen and oxygen atoms in total. The van der Waals surface area contributed by atoms with E-state index in [1.807, 2.05) is 13.8 Å². The number of amides is 1. The van der Waals surface area contributed by atoms with Gasteiger partial charge < -0.3 is 16.2 Å². The minimum absolute atomic E-state index is 0.0905. The van der Waals surface area contributed by atoms with Gasteiger partial charge in [-0.15, -0.1) is 0 Å². The van der Waals surface area contributed by atoms with Crippen LogP contribution in [0.5, 0.6) is 0 Å². The molecule has 0 aromatic carbocycles. The maximum Gasteiger partial charge on any atom is 0.311 e. The lowest BCUT2D eigenvalue weighted by atomic mass is 9.87. The van der Waals surface area contributed by atoms with E-state index < -0.39 is 17.4 Å². The van der Waals surface area contributed by atoms with Crippen LogP contribution in [0.1, 0.15) is 40.5 Å². The number of carboxylic acid groups (broad SMARTS) is 1. The molecule has 5 heteroatoms. The van der Waals surface area contributed by atoms with Crippen molar-refractivity contribution in [1.82, 2.24) is 5.32 Å². The Hall–Kier alpha value is -1.10. The fourth-order valence-corrected chi connectivity index (χ4v) is 1.26. The zero-order valence-corrected chi connectivity index (χ0v) is 11.1. The average Bonchev–Trinajstić information content (AvgIpc) is 2.33. The summed E-state index contributed by atoms with van der Waals surface area (Å²) in [6.07, 6.45) is 1.28. The fraction of sp³-hybridized carbons (Fsp3) is 0.833. The number of carbonyl (C=O) groups excluding carboxylic acids is 1. The van der Waals surface area contributed by atoms with E-state index in [0.29, 0.717) is 6.42 Å². The summed E-state index contributed by atoms with van der Waals surface area (Å²) in [6.45, 7) is 7.38. The number of nitrogens with two attached hydrogens (primary N) is 1. The smallest absolute Gasteiger partial charge is 0.311 e. The van der Waals surface area contributed by atoms with Crippen molar-refractivity contribution in [3.63, 3.8) is 0 Å². The van der Waals surface area contributed by atoms with E-state index in [9.17, 15) is 9.59 Å².